The normalized spacial score (nSPS) is 10.5. The van der Waals surface area contributed by atoms with E-state index in [0.717, 1.165) is 16.7 Å². The zero-order chi connectivity index (χ0) is 10.1. The number of hydrogen-bond acceptors (Lipinski definition) is 1. The van der Waals surface area contributed by atoms with Crippen LogP contribution in [-0.2, 0) is 0 Å². The molecule has 1 aromatic heterocycles. The lowest BCUT2D eigenvalue weighted by Crippen LogP contribution is -2.01. The van der Waals surface area contributed by atoms with E-state index in [1.165, 1.54) is 18.7 Å². The van der Waals surface area contributed by atoms with E-state index in [1.54, 1.807) is 0 Å². The molecule has 72 valence electrons. The fourth-order valence-electron chi connectivity index (χ4n) is 1.14. The highest BCUT2D eigenvalue weighted by molar-refractivity contribution is 5.35. The summed E-state index contributed by atoms with van der Waals surface area (Å²) in [7, 11) is 0. The summed E-state index contributed by atoms with van der Waals surface area (Å²) in [5.41, 5.74) is -0.456. The maximum Gasteiger partial charge on any atom is 0.185 e. The molecule has 0 spiro atoms. The quantitative estimate of drug-likeness (QED) is 0.643. The van der Waals surface area contributed by atoms with E-state index in [1.807, 2.05) is 0 Å². The SMILES string of the molecule is Fc1ccc(F)c(-n2ccnc2)c1F. The molecule has 1 heterocycles. The summed E-state index contributed by atoms with van der Waals surface area (Å²) in [6.45, 7) is 0. The van der Waals surface area contributed by atoms with Crippen LogP contribution < -0.4 is 0 Å². The summed E-state index contributed by atoms with van der Waals surface area (Å²) in [6.07, 6.45) is 3.88. The van der Waals surface area contributed by atoms with Gasteiger partial charge in [-0.1, -0.05) is 0 Å². The predicted molar refractivity (Wildman–Crippen MR) is 43.4 cm³/mol. The van der Waals surface area contributed by atoms with Gasteiger partial charge in [0, 0.05) is 12.4 Å². The average molecular weight is 198 g/mol. The molecule has 0 radical (unpaired) electrons. The van der Waals surface area contributed by atoms with Crippen molar-refractivity contribution in [1.82, 2.24) is 9.55 Å². The Morgan fingerprint density at radius 3 is 2.43 bits per heavy atom. The second-order valence-corrected chi connectivity index (χ2v) is 2.66. The van der Waals surface area contributed by atoms with Crippen molar-refractivity contribution in [2.75, 3.05) is 0 Å². The molecule has 0 atom stereocenters. The number of imidazole rings is 1. The first kappa shape index (κ1) is 8.80. The van der Waals surface area contributed by atoms with Crippen molar-refractivity contribution >= 4 is 0 Å². The zero-order valence-corrected chi connectivity index (χ0v) is 6.92. The molecule has 0 amide bonds. The number of nitrogens with zero attached hydrogens (tertiary/aromatic N) is 2. The van der Waals surface area contributed by atoms with Gasteiger partial charge in [-0.15, -0.1) is 0 Å². The van der Waals surface area contributed by atoms with Gasteiger partial charge in [0.15, 0.2) is 11.6 Å². The van der Waals surface area contributed by atoms with E-state index >= 15 is 0 Å². The number of halogens is 3. The molecule has 1 aromatic carbocycles. The van der Waals surface area contributed by atoms with Gasteiger partial charge < -0.3 is 4.57 Å². The summed E-state index contributed by atoms with van der Waals surface area (Å²) in [5, 5.41) is 0. The van der Waals surface area contributed by atoms with Gasteiger partial charge in [-0.25, -0.2) is 18.2 Å². The monoisotopic (exact) mass is 198 g/mol. The largest absolute Gasteiger partial charge is 0.301 e. The highest BCUT2D eigenvalue weighted by Crippen LogP contribution is 2.19. The predicted octanol–water partition coefficient (Wildman–Crippen LogP) is 2.29. The lowest BCUT2D eigenvalue weighted by molar-refractivity contribution is 0.488. The Bertz CT molecular complexity index is 451. The van der Waals surface area contributed by atoms with E-state index in [4.69, 9.17) is 0 Å². The third kappa shape index (κ3) is 1.26. The van der Waals surface area contributed by atoms with Crippen molar-refractivity contribution < 1.29 is 13.2 Å². The van der Waals surface area contributed by atoms with Gasteiger partial charge >= 0.3 is 0 Å². The van der Waals surface area contributed by atoms with Crippen LogP contribution in [0.4, 0.5) is 13.2 Å². The molecule has 0 bridgehead atoms. The number of rotatable bonds is 1. The number of benzene rings is 1. The van der Waals surface area contributed by atoms with Crippen molar-refractivity contribution in [2.45, 2.75) is 0 Å². The van der Waals surface area contributed by atoms with Crippen LogP contribution in [0.15, 0.2) is 30.9 Å². The summed E-state index contributed by atoms with van der Waals surface area (Å²) >= 11 is 0. The van der Waals surface area contributed by atoms with Gasteiger partial charge in [-0.2, -0.15) is 0 Å². The van der Waals surface area contributed by atoms with Crippen LogP contribution in [0, 0.1) is 17.5 Å². The van der Waals surface area contributed by atoms with Crippen molar-refractivity contribution in [3.63, 3.8) is 0 Å². The highest BCUT2D eigenvalue weighted by atomic mass is 19.2. The van der Waals surface area contributed by atoms with Crippen LogP contribution >= 0.6 is 0 Å². The maximum absolute atomic E-state index is 13.2. The smallest absolute Gasteiger partial charge is 0.185 e. The number of hydrogen-bond donors (Lipinski definition) is 0. The van der Waals surface area contributed by atoms with Crippen LogP contribution in [0.25, 0.3) is 5.69 Å². The minimum atomic E-state index is -1.22. The van der Waals surface area contributed by atoms with Crippen LogP contribution in [0.2, 0.25) is 0 Å². The summed E-state index contributed by atoms with van der Waals surface area (Å²) in [6, 6.07) is 1.61. The Balaban J connectivity index is 2.69. The molecule has 14 heavy (non-hydrogen) atoms. The molecule has 5 heteroatoms. The highest BCUT2D eigenvalue weighted by Gasteiger charge is 2.14. The van der Waals surface area contributed by atoms with Crippen molar-refractivity contribution in [3.8, 4) is 5.69 Å². The van der Waals surface area contributed by atoms with Crippen molar-refractivity contribution in [1.29, 1.82) is 0 Å². The molecule has 0 saturated heterocycles. The first-order valence-corrected chi connectivity index (χ1v) is 3.82. The minimum Gasteiger partial charge on any atom is -0.301 e. The Morgan fingerprint density at radius 1 is 1.07 bits per heavy atom. The van der Waals surface area contributed by atoms with Gasteiger partial charge in [0.1, 0.15) is 11.5 Å². The molecule has 0 saturated carbocycles. The molecule has 2 aromatic rings. The molecule has 2 rings (SSSR count). The second-order valence-electron chi connectivity index (χ2n) is 2.66. The Hall–Kier alpha value is -1.78. The Labute approximate surface area is 77.6 Å². The molecule has 0 aliphatic rings. The third-order valence-electron chi connectivity index (χ3n) is 1.78. The van der Waals surface area contributed by atoms with E-state index in [2.05, 4.69) is 4.98 Å². The Kier molecular flexibility index (Phi) is 1.99. The second kappa shape index (κ2) is 3.17. The van der Waals surface area contributed by atoms with Crippen molar-refractivity contribution in [3.05, 3.63) is 48.3 Å². The van der Waals surface area contributed by atoms with Crippen LogP contribution in [0.3, 0.4) is 0 Å². The van der Waals surface area contributed by atoms with Crippen molar-refractivity contribution in [2.24, 2.45) is 0 Å². The lowest BCUT2D eigenvalue weighted by atomic mass is 10.3. The minimum absolute atomic E-state index is 0.456. The lowest BCUT2D eigenvalue weighted by Gasteiger charge is -2.05. The van der Waals surface area contributed by atoms with Crippen LogP contribution in [0.1, 0.15) is 0 Å². The number of aromatic nitrogens is 2. The molecule has 0 aliphatic carbocycles. The summed E-state index contributed by atoms with van der Waals surface area (Å²) < 4.78 is 40.2. The fraction of sp³-hybridized carbons (Fsp3) is 0. The average Bonchev–Trinajstić information content (AvgIpc) is 2.65. The standard InChI is InChI=1S/C9H5F3N2/c10-6-1-2-7(11)9(8(6)12)14-4-3-13-5-14/h1-5H. The van der Waals surface area contributed by atoms with Gasteiger partial charge in [-0.3, -0.25) is 0 Å². The zero-order valence-electron chi connectivity index (χ0n) is 6.92. The summed E-state index contributed by atoms with van der Waals surface area (Å²) in [4.78, 5) is 3.62. The molecular formula is C9H5F3N2. The van der Waals surface area contributed by atoms with Crippen LogP contribution in [-0.4, -0.2) is 9.55 Å². The van der Waals surface area contributed by atoms with Gasteiger partial charge in [0.25, 0.3) is 0 Å². The fourth-order valence-corrected chi connectivity index (χ4v) is 1.14. The van der Waals surface area contributed by atoms with Crippen LogP contribution in [0.5, 0.6) is 0 Å². The maximum atomic E-state index is 13.2. The molecule has 0 fully saturated rings. The first-order valence-electron chi connectivity index (χ1n) is 3.82. The summed E-state index contributed by atoms with van der Waals surface area (Å²) in [5.74, 6) is -3.14. The van der Waals surface area contributed by atoms with Gasteiger partial charge in [0.2, 0.25) is 0 Å². The van der Waals surface area contributed by atoms with E-state index in [0.29, 0.717) is 0 Å². The van der Waals surface area contributed by atoms with Gasteiger partial charge in [-0.05, 0) is 12.1 Å². The van der Waals surface area contributed by atoms with E-state index in [-0.39, 0.29) is 0 Å². The molecule has 0 aliphatic heterocycles. The molecule has 0 unspecified atom stereocenters. The molecule has 0 N–H and O–H groups in total. The molecule has 2 nitrogen and oxygen atoms in total. The topological polar surface area (TPSA) is 17.8 Å². The Morgan fingerprint density at radius 2 is 1.79 bits per heavy atom. The first-order chi connectivity index (χ1) is 6.70. The molecular weight excluding hydrogens is 193 g/mol. The van der Waals surface area contributed by atoms with Gasteiger partial charge in [0.05, 0.1) is 6.33 Å². The van der Waals surface area contributed by atoms with E-state index < -0.39 is 23.1 Å². The third-order valence-corrected chi connectivity index (χ3v) is 1.78. The van der Waals surface area contributed by atoms with E-state index in [9.17, 15) is 13.2 Å².